The lowest BCUT2D eigenvalue weighted by Gasteiger charge is -2.36. The second kappa shape index (κ2) is 5.98. The number of likely N-dealkylation sites (N-methyl/N-ethyl adjacent to an activating group) is 1. The van der Waals surface area contributed by atoms with E-state index in [0.717, 1.165) is 18.7 Å². The zero-order valence-electron chi connectivity index (χ0n) is 12.9. The summed E-state index contributed by atoms with van der Waals surface area (Å²) in [5.74, 6) is 0.698. The minimum absolute atomic E-state index is 0.0536. The van der Waals surface area contributed by atoms with Crippen LogP contribution in [0.15, 0.2) is 18.2 Å². The van der Waals surface area contributed by atoms with Crippen molar-refractivity contribution in [3.8, 4) is 5.75 Å². The van der Waals surface area contributed by atoms with Gasteiger partial charge in [-0.15, -0.1) is 9.24 Å². The van der Waals surface area contributed by atoms with Crippen LogP contribution >= 0.6 is 9.24 Å². The van der Waals surface area contributed by atoms with Crippen molar-refractivity contribution < 1.29 is 14.3 Å². The van der Waals surface area contributed by atoms with Gasteiger partial charge in [0.2, 0.25) is 11.8 Å². The fraction of sp³-hybridized carbons (Fsp3) is 0.500. The molecule has 2 aliphatic heterocycles. The molecular formula is C16H21N2O3P. The van der Waals surface area contributed by atoms with E-state index in [-0.39, 0.29) is 23.5 Å². The number of fused-ring (bicyclic) bond motifs is 1. The van der Waals surface area contributed by atoms with Crippen molar-refractivity contribution in [3.63, 3.8) is 0 Å². The van der Waals surface area contributed by atoms with Gasteiger partial charge >= 0.3 is 0 Å². The highest BCUT2D eigenvalue weighted by Crippen LogP contribution is 2.33. The molecule has 0 bridgehead atoms. The number of hydrogen-bond donors (Lipinski definition) is 0. The molecule has 0 N–H and O–H groups in total. The molecule has 0 aromatic heterocycles. The van der Waals surface area contributed by atoms with Crippen LogP contribution in [-0.2, 0) is 16.0 Å². The Morgan fingerprint density at radius 2 is 2.14 bits per heavy atom. The predicted molar refractivity (Wildman–Crippen MR) is 86.9 cm³/mol. The first kappa shape index (κ1) is 15.4. The molecule has 5 nitrogen and oxygen atoms in total. The normalized spacial score (nSPS) is 25.5. The van der Waals surface area contributed by atoms with E-state index in [9.17, 15) is 9.59 Å². The number of rotatable bonds is 3. The SMILES string of the molecule is COc1ccc2c(c1)CCN(C)C2CN1C(=O)CC(P)C1=O. The smallest absolute Gasteiger partial charge is 0.236 e. The Kier molecular flexibility index (Phi) is 4.20. The lowest BCUT2D eigenvalue weighted by atomic mass is 9.92. The Morgan fingerprint density at radius 3 is 2.77 bits per heavy atom. The monoisotopic (exact) mass is 320 g/mol. The van der Waals surface area contributed by atoms with Crippen molar-refractivity contribution in [2.45, 2.75) is 24.5 Å². The van der Waals surface area contributed by atoms with Gasteiger partial charge in [-0.05, 0) is 36.7 Å². The summed E-state index contributed by atoms with van der Waals surface area (Å²) in [6.45, 7) is 1.34. The molecular weight excluding hydrogens is 299 g/mol. The van der Waals surface area contributed by atoms with E-state index in [1.54, 1.807) is 7.11 Å². The van der Waals surface area contributed by atoms with Gasteiger partial charge in [0.25, 0.3) is 0 Å². The molecule has 0 spiro atoms. The minimum Gasteiger partial charge on any atom is -0.497 e. The highest BCUT2D eigenvalue weighted by atomic mass is 31.0. The highest BCUT2D eigenvalue weighted by Gasteiger charge is 2.38. The van der Waals surface area contributed by atoms with E-state index < -0.39 is 0 Å². The molecule has 3 unspecified atom stereocenters. The van der Waals surface area contributed by atoms with Gasteiger partial charge in [0.1, 0.15) is 5.75 Å². The summed E-state index contributed by atoms with van der Waals surface area (Å²) in [6, 6.07) is 6.11. The standard InChI is InChI=1S/C16H21N2O3P/c1-17-6-5-10-7-11(21-2)3-4-12(10)13(17)9-18-15(19)8-14(22)16(18)20/h3-4,7,13-14H,5-6,8-9,22H2,1-2H3. The van der Waals surface area contributed by atoms with Crippen molar-refractivity contribution in [3.05, 3.63) is 29.3 Å². The number of methoxy groups -OCH3 is 1. The second-order valence-electron chi connectivity index (χ2n) is 5.96. The Balaban J connectivity index is 1.88. The van der Waals surface area contributed by atoms with Crippen molar-refractivity contribution in [1.82, 2.24) is 9.80 Å². The fourth-order valence-corrected chi connectivity index (χ4v) is 3.63. The third-order valence-corrected chi connectivity index (χ3v) is 5.13. The topological polar surface area (TPSA) is 49.9 Å². The van der Waals surface area contributed by atoms with Crippen molar-refractivity contribution >= 4 is 21.1 Å². The summed E-state index contributed by atoms with van der Waals surface area (Å²) >= 11 is 0. The van der Waals surface area contributed by atoms with E-state index in [4.69, 9.17) is 4.74 Å². The maximum atomic E-state index is 12.2. The molecule has 6 heteroatoms. The van der Waals surface area contributed by atoms with Gasteiger partial charge in [0.15, 0.2) is 0 Å². The van der Waals surface area contributed by atoms with Gasteiger partial charge in [0.05, 0.1) is 18.8 Å². The molecule has 0 radical (unpaired) electrons. The van der Waals surface area contributed by atoms with Gasteiger partial charge in [-0.1, -0.05) is 6.07 Å². The number of ether oxygens (including phenoxy) is 1. The number of carbonyl (C=O) groups is 2. The van der Waals surface area contributed by atoms with E-state index in [2.05, 4.69) is 26.3 Å². The molecule has 1 fully saturated rings. The second-order valence-corrected chi connectivity index (χ2v) is 6.77. The van der Waals surface area contributed by atoms with Crippen LogP contribution in [0, 0.1) is 0 Å². The molecule has 22 heavy (non-hydrogen) atoms. The molecule has 0 saturated carbocycles. The largest absolute Gasteiger partial charge is 0.497 e. The summed E-state index contributed by atoms with van der Waals surface area (Å²) in [5, 5.41) is 0. The molecule has 1 aromatic carbocycles. The van der Waals surface area contributed by atoms with Crippen LogP contribution in [-0.4, -0.2) is 54.5 Å². The molecule has 118 valence electrons. The summed E-state index contributed by atoms with van der Waals surface area (Å²) in [6.07, 6.45) is 1.25. The molecule has 1 aromatic rings. The number of carbonyl (C=O) groups excluding carboxylic acids is 2. The van der Waals surface area contributed by atoms with Crippen molar-refractivity contribution in [2.75, 3.05) is 27.2 Å². The van der Waals surface area contributed by atoms with Gasteiger partial charge in [-0.25, -0.2) is 0 Å². The lowest BCUT2D eigenvalue weighted by molar-refractivity contribution is -0.139. The quantitative estimate of drug-likeness (QED) is 0.621. The first-order valence-electron chi connectivity index (χ1n) is 7.48. The van der Waals surface area contributed by atoms with Crippen LogP contribution < -0.4 is 4.74 Å². The minimum atomic E-state index is -0.267. The van der Waals surface area contributed by atoms with Gasteiger partial charge in [-0.3, -0.25) is 19.4 Å². The third kappa shape index (κ3) is 2.64. The van der Waals surface area contributed by atoms with E-state index >= 15 is 0 Å². The predicted octanol–water partition coefficient (Wildman–Crippen LogP) is 1.23. The Hall–Kier alpha value is -1.45. The third-order valence-electron chi connectivity index (χ3n) is 4.61. The van der Waals surface area contributed by atoms with E-state index in [1.807, 2.05) is 13.1 Å². The van der Waals surface area contributed by atoms with Crippen LogP contribution in [0.3, 0.4) is 0 Å². The van der Waals surface area contributed by atoms with Crippen LogP contribution in [0.5, 0.6) is 5.75 Å². The number of imide groups is 1. The zero-order chi connectivity index (χ0) is 15.9. The van der Waals surface area contributed by atoms with Gasteiger partial charge < -0.3 is 4.74 Å². The van der Waals surface area contributed by atoms with Crippen molar-refractivity contribution in [2.24, 2.45) is 0 Å². The summed E-state index contributed by atoms with van der Waals surface area (Å²) in [7, 11) is 6.17. The van der Waals surface area contributed by atoms with Gasteiger partial charge in [-0.2, -0.15) is 0 Å². The maximum Gasteiger partial charge on any atom is 0.236 e. The summed E-state index contributed by atoms with van der Waals surface area (Å²) in [4.78, 5) is 27.8. The average molecular weight is 320 g/mol. The molecule has 2 heterocycles. The number of nitrogens with zero attached hydrogens (tertiary/aromatic N) is 2. The molecule has 3 rings (SSSR count). The number of amides is 2. The van der Waals surface area contributed by atoms with Crippen molar-refractivity contribution in [1.29, 1.82) is 0 Å². The highest BCUT2D eigenvalue weighted by molar-refractivity contribution is 7.19. The fourth-order valence-electron chi connectivity index (χ4n) is 3.25. The Labute approximate surface area is 132 Å². The molecule has 3 atom stereocenters. The van der Waals surface area contributed by atoms with Crippen LogP contribution in [0.2, 0.25) is 0 Å². The molecule has 2 amide bonds. The van der Waals surface area contributed by atoms with E-state index in [0.29, 0.717) is 13.0 Å². The zero-order valence-corrected chi connectivity index (χ0v) is 14.1. The first-order chi connectivity index (χ1) is 10.5. The molecule has 1 saturated heterocycles. The number of hydrogen-bond acceptors (Lipinski definition) is 4. The summed E-state index contributed by atoms with van der Waals surface area (Å²) in [5.41, 5.74) is 2.16. The molecule has 2 aliphatic rings. The molecule has 0 aliphatic carbocycles. The number of likely N-dealkylation sites (tertiary alicyclic amines) is 1. The van der Waals surface area contributed by atoms with Crippen LogP contribution in [0.25, 0.3) is 0 Å². The lowest BCUT2D eigenvalue weighted by Crippen LogP contribution is -2.42. The van der Waals surface area contributed by atoms with Crippen LogP contribution in [0.4, 0.5) is 0 Å². The van der Waals surface area contributed by atoms with Gasteiger partial charge in [0, 0.05) is 19.5 Å². The Bertz CT molecular complexity index is 619. The maximum absolute atomic E-state index is 12.2. The van der Waals surface area contributed by atoms with E-state index in [1.165, 1.54) is 16.0 Å². The Morgan fingerprint density at radius 1 is 1.36 bits per heavy atom. The summed E-state index contributed by atoms with van der Waals surface area (Å²) < 4.78 is 5.29. The number of benzene rings is 1. The average Bonchev–Trinajstić information content (AvgIpc) is 2.75. The van der Waals surface area contributed by atoms with Crippen LogP contribution in [0.1, 0.15) is 23.6 Å². The first-order valence-corrected chi connectivity index (χ1v) is 8.14.